The maximum atomic E-state index is 6.59. The van der Waals surface area contributed by atoms with Gasteiger partial charge in [0.2, 0.25) is 0 Å². The fraction of sp³-hybridized carbons (Fsp3) is 0.900. The molecule has 0 aromatic heterocycles. The Morgan fingerprint density at radius 1 is 0.720 bits per heavy atom. The topological polar surface area (TPSA) is 18.5 Å². The first-order valence-electron chi connectivity index (χ1n) is 9.97. The Balaban J connectivity index is 5.00. The average molecular weight is 401 g/mol. The van der Waals surface area contributed by atoms with Gasteiger partial charge in [-0.15, -0.1) is 11.5 Å². The number of rotatable bonds is 10. The molecule has 0 unspecified atom stereocenters. The summed E-state index contributed by atoms with van der Waals surface area (Å²) in [6.07, 6.45) is 1.71. The molecule has 0 aliphatic carbocycles. The van der Waals surface area contributed by atoms with Crippen LogP contribution in [0.2, 0.25) is 57.9 Å². The molecule has 0 N–H and O–H groups in total. The standard InChI is InChI=1S/C20H44O2Si3/c1-18(2)16-24(8,9)21-20(14-12-13-15-23(5,6)7)22-25(10,11)17-19(3)4/h18-20H,12,14,16-17H2,1-11H3. The van der Waals surface area contributed by atoms with Crippen LogP contribution in [0.15, 0.2) is 0 Å². The molecule has 0 fully saturated rings. The third-order valence-corrected chi connectivity index (χ3v) is 10.00. The van der Waals surface area contributed by atoms with E-state index in [-0.39, 0.29) is 6.29 Å². The van der Waals surface area contributed by atoms with Gasteiger partial charge >= 0.3 is 0 Å². The van der Waals surface area contributed by atoms with Gasteiger partial charge in [-0.25, -0.2) is 0 Å². The van der Waals surface area contributed by atoms with Crippen molar-refractivity contribution in [2.24, 2.45) is 11.8 Å². The van der Waals surface area contributed by atoms with Crippen LogP contribution in [-0.4, -0.2) is 31.0 Å². The molecule has 0 aliphatic heterocycles. The summed E-state index contributed by atoms with van der Waals surface area (Å²) in [5, 5.41) is 0. The summed E-state index contributed by atoms with van der Waals surface area (Å²) in [6.45, 7) is 25.3. The minimum Gasteiger partial charge on any atom is -0.393 e. The molecule has 2 nitrogen and oxygen atoms in total. The van der Waals surface area contributed by atoms with Crippen molar-refractivity contribution in [1.29, 1.82) is 0 Å². The maximum Gasteiger partial charge on any atom is 0.190 e. The van der Waals surface area contributed by atoms with Gasteiger partial charge in [-0.2, -0.15) is 0 Å². The zero-order valence-electron chi connectivity index (χ0n) is 18.9. The minimum absolute atomic E-state index is 0.0724. The van der Waals surface area contributed by atoms with E-state index in [0.29, 0.717) is 11.8 Å². The normalized spacial score (nSPS) is 13.5. The third-order valence-electron chi connectivity index (χ3n) is 3.67. The average Bonchev–Trinajstić information content (AvgIpc) is 2.28. The number of hydrogen-bond donors (Lipinski definition) is 0. The predicted octanol–water partition coefficient (Wildman–Crippen LogP) is 6.73. The van der Waals surface area contributed by atoms with Gasteiger partial charge in [-0.05, 0) is 50.1 Å². The van der Waals surface area contributed by atoms with Crippen LogP contribution in [0.5, 0.6) is 0 Å². The van der Waals surface area contributed by atoms with Gasteiger partial charge in [-0.1, -0.05) is 47.3 Å². The second kappa shape index (κ2) is 10.5. The Hall–Kier alpha value is 0.131. The van der Waals surface area contributed by atoms with E-state index in [9.17, 15) is 0 Å². The van der Waals surface area contributed by atoms with Crippen LogP contribution in [0, 0.1) is 23.3 Å². The number of hydrogen-bond acceptors (Lipinski definition) is 2. The van der Waals surface area contributed by atoms with Crippen molar-refractivity contribution in [3.63, 3.8) is 0 Å². The quantitative estimate of drug-likeness (QED) is 0.230. The molecule has 148 valence electrons. The van der Waals surface area contributed by atoms with Crippen molar-refractivity contribution < 1.29 is 8.85 Å². The molecule has 0 aromatic carbocycles. The molecule has 0 aromatic rings. The molecular weight excluding hydrogens is 356 g/mol. The summed E-state index contributed by atoms with van der Waals surface area (Å²) in [5.41, 5.74) is 3.47. The Bertz CT molecular complexity index is 416. The maximum absolute atomic E-state index is 6.59. The summed E-state index contributed by atoms with van der Waals surface area (Å²) in [5.74, 6) is 4.74. The minimum atomic E-state index is -1.71. The molecule has 0 saturated carbocycles. The first-order valence-corrected chi connectivity index (χ1v) is 19.7. The van der Waals surface area contributed by atoms with Crippen LogP contribution < -0.4 is 0 Å². The molecule has 0 heterocycles. The van der Waals surface area contributed by atoms with Crippen LogP contribution in [0.1, 0.15) is 40.5 Å². The second-order valence-corrected chi connectivity index (χ2v) is 23.5. The third kappa shape index (κ3) is 14.9. The Morgan fingerprint density at radius 3 is 1.44 bits per heavy atom. The van der Waals surface area contributed by atoms with Gasteiger partial charge in [0.1, 0.15) is 14.4 Å². The summed E-state index contributed by atoms with van der Waals surface area (Å²) in [6, 6.07) is 2.36. The summed E-state index contributed by atoms with van der Waals surface area (Å²) in [4.78, 5) is 0. The van der Waals surface area contributed by atoms with Crippen molar-refractivity contribution in [2.75, 3.05) is 0 Å². The monoisotopic (exact) mass is 400 g/mol. The van der Waals surface area contributed by atoms with E-state index in [4.69, 9.17) is 8.85 Å². The van der Waals surface area contributed by atoms with Gasteiger partial charge in [0.25, 0.3) is 0 Å². The molecule has 0 saturated heterocycles. The summed E-state index contributed by atoms with van der Waals surface area (Å²) < 4.78 is 13.2. The van der Waals surface area contributed by atoms with Crippen LogP contribution >= 0.6 is 0 Å². The largest absolute Gasteiger partial charge is 0.393 e. The molecule has 0 bridgehead atoms. The molecular formula is C20H44O2Si3. The van der Waals surface area contributed by atoms with E-state index < -0.39 is 24.7 Å². The Labute approximate surface area is 161 Å². The van der Waals surface area contributed by atoms with E-state index in [0.717, 1.165) is 12.8 Å². The Morgan fingerprint density at radius 2 is 1.12 bits per heavy atom. The summed E-state index contributed by atoms with van der Waals surface area (Å²) in [7, 11) is -4.71. The van der Waals surface area contributed by atoms with Gasteiger partial charge in [0.15, 0.2) is 16.6 Å². The summed E-state index contributed by atoms with van der Waals surface area (Å²) >= 11 is 0. The van der Waals surface area contributed by atoms with Crippen LogP contribution in [0.4, 0.5) is 0 Å². The van der Waals surface area contributed by atoms with Gasteiger partial charge in [-0.3, -0.25) is 0 Å². The molecule has 0 aliphatic rings. The van der Waals surface area contributed by atoms with Crippen LogP contribution in [0.25, 0.3) is 0 Å². The fourth-order valence-electron chi connectivity index (χ4n) is 3.43. The van der Waals surface area contributed by atoms with Crippen molar-refractivity contribution in [1.82, 2.24) is 0 Å². The highest BCUT2D eigenvalue weighted by Crippen LogP contribution is 2.26. The second-order valence-electron chi connectivity index (χ2n) is 10.5. The highest BCUT2D eigenvalue weighted by atomic mass is 28.4. The van der Waals surface area contributed by atoms with Crippen LogP contribution in [-0.2, 0) is 8.85 Å². The highest BCUT2D eigenvalue weighted by Gasteiger charge is 2.33. The fourth-order valence-corrected chi connectivity index (χ4v) is 10.1. The molecule has 25 heavy (non-hydrogen) atoms. The van der Waals surface area contributed by atoms with Gasteiger partial charge in [0, 0.05) is 12.8 Å². The van der Waals surface area contributed by atoms with Crippen molar-refractivity contribution in [3.8, 4) is 11.5 Å². The first kappa shape index (κ1) is 25.1. The smallest absolute Gasteiger partial charge is 0.190 e. The lowest BCUT2D eigenvalue weighted by molar-refractivity contribution is -0.0154. The lowest BCUT2D eigenvalue weighted by atomic mass is 10.3. The SMILES string of the molecule is CC(C)C[Si](C)(C)OC(CCC#C[Si](C)(C)C)O[Si](C)(C)CC(C)C. The lowest BCUT2D eigenvalue weighted by Gasteiger charge is -2.35. The van der Waals surface area contributed by atoms with E-state index in [2.05, 4.69) is 85.0 Å². The molecule has 5 heteroatoms. The van der Waals surface area contributed by atoms with E-state index in [1.165, 1.54) is 12.1 Å². The van der Waals surface area contributed by atoms with Crippen molar-refractivity contribution in [2.45, 2.75) is 105 Å². The van der Waals surface area contributed by atoms with Crippen molar-refractivity contribution in [3.05, 3.63) is 0 Å². The Kier molecular flexibility index (Phi) is 10.5. The zero-order chi connectivity index (χ0) is 19.9. The molecule has 0 amide bonds. The van der Waals surface area contributed by atoms with E-state index in [1.807, 2.05) is 0 Å². The van der Waals surface area contributed by atoms with Gasteiger partial charge < -0.3 is 8.85 Å². The lowest BCUT2D eigenvalue weighted by Crippen LogP contribution is -2.43. The van der Waals surface area contributed by atoms with Gasteiger partial charge in [0.05, 0.1) is 0 Å². The van der Waals surface area contributed by atoms with E-state index >= 15 is 0 Å². The van der Waals surface area contributed by atoms with Crippen molar-refractivity contribution >= 4 is 24.7 Å². The highest BCUT2D eigenvalue weighted by molar-refractivity contribution is 6.83. The molecule has 0 radical (unpaired) electrons. The van der Waals surface area contributed by atoms with E-state index in [1.54, 1.807) is 0 Å². The molecule has 0 rings (SSSR count). The first-order chi connectivity index (χ1) is 11.1. The zero-order valence-corrected chi connectivity index (χ0v) is 21.9. The molecule has 0 spiro atoms. The van der Waals surface area contributed by atoms with Crippen LogP contribution in [0.3, 0.4) is 0 Å². The predicted molar refractivity (Wildman–Crippen MR) is 121 cm³/mol. The molecule has 0 atom stereocenters.